The number of pyridine rings is 1. The molecular formula is C20H23N3O2S. The second kappa shape index (κ2) is 7.58. The molecule has 5 nitrogen and oxygen atoms in total. The molecule has 0 unspecified atom stereocenters. The maximum atomic E-state index is 12.6. The lowest BCUT2D eigenvalue weighted by molar-refractivity contribution is -0.125. The van der Waals surface area contributed by atoms with Crippen LogP contribution in [0.5, 0.6) is 0 Å². The molecule has 2 aliphatic rings. The number of likely N-dealkylation sites (tertiary alicyclic amines) is 1. The first-order valence-electron chi connectivity index (χ1n) is 9.28. The summed E-state index contributed by atoms with van der Waals surface area (Å²) in [7, 11) is 0. The lowest BCUT2D eigenvalue weighted by Crippen LogP contribution is -2.33. The number of rotatable bonds is 4. The molecule has 0 saturated carbocycles. The van der Waals surface area contributed by atoms with Gasteiger partial charge in [-0.15, -0.1) is 11.3 Å². The molecule has 2 aromatic heterocycles. The second-order valence-corrected chi connectivity index (χ2v) is 8.21. The summed E-state index contributed by atoms with van der Waals surface area (Å²) in [6.45, 7) is 2.29. The zero-order valence-corrected chi connectivity index (χ0v) is 15.6. The van der Waals surface area contributed by atoms with E-state index in [0.717, 1.165) is 55.6 Å². The van der Waals surface area contributed by atoms with Crippen molar-refractivity contribution in [2.24, 2.45) is 5.92 Å². The molecule has 1 saturated heterocycles. The van der Waals surface area contributed by atoms with Crippen LogP contribution >= 0.6 is 11.3 Å². The predicted molar refractivity (Wildman–Crippen MR) is 101 cm³/mol. The first-order chi connectivity index (χ1) is 12.7. The summed E-state index contributed by atoms with van der Waals surface area (Å²) in [5.74, 6) is 0.264. The first kappa shape index (κ1) is 17.2. The van der Waals surface area contributed by atoms with Crippen LogP contribution in [0.3, 0.4) is 0 Å². The minimum Gasteiger partial charge on any atom is -0.352 e. The van der Waals surface area contributed by atoms with Crippen molar-refractivity contribution in [1.82, 2.24) is 15.2 Å². The molecule has 26 heavy (non-hydrogen) atoms. The van der Waals surface area contributed by atoms with Gasteiger partial charge in [0.2, 0.25) is 5.91 Å². The van der Waals surface area contributed by atoms with Gasteiger partial charge in [-0.1, -0.05) is 0 Å². The number of aryl methyl sites for hydroxylation is 1. The maximum absolute atomic E-state index is 12.6. The van der Waals surface area contributed by atoms with Gasteiger partial charge in [0.15, 0.2) is 0 Å². The molecule has 0 aromatic carbocycles. The SMILES string of the molecule is O=C(NCc1ccncc1)[C@@H]1CCc2sc(C(=O)N3CCCC3)cc2C1. The molecule has 0 spiro atoms. The number of carbonyl (C=O) groups is 2. The number of fused-ring (bicyclic) bond motifs is 1. The van der Waals surface area contributed by atoms with Crippen molar-refractivity contribution in [3.8, 4) is 0 Å². The summed E-state index contributed by atoms with van der Waals surface area (Å²) in [5.41, 5.74) is 2.24. The predicted octanol–water partition coefficient (Wildman–Crippen LogP) is 2.80. The molecule has 0 radical (unpaired) electrons. The first-order valence-corrected chi connectivity index (χ1v) is 10.1. The van der Waals surface area contributed by atoms with Crippen molar-refractivity contribution in [3.63, 3.8) is 0 Å². The second-order valence-electron chi connectivity index (χ2n) is 7.07. The number of carbonyl (C=O) groups excluding carboxylic acids is 2. The Kier molecular flexibility index (Phi) is 5.02. The monoisotopic (exact) mass is 369 g/mol. The zero-order valence-electron chi connectivity index (χ0n) is 14.7. The van der Waals surface area contributed by atoms with Crippen molar-refractivity contribution in [2.45, 2.75) is 38.6 Å². The Labute approximate surface area is 157 Å². The zero-order chi connectivity index (χ0) is 17.9. The van der Waals surface area contributed by atoms with Gasteiger partial charge >= 0.3 is 0 Å². The fourth-order valence-corrected chi connectivity index (χ4v) is 4.94. The molecule has 0 bridgehead atoms. The highest BCUT2D eigenvalue weighted by molar-refractivity contribution is 7.14. The van der Waals surface area contributed by atoms with E-state index in [1.54, 1.807) is 23.7 Å². The largest absolute Gasteiger partial charge is 0.352 e. The molecule has 1 aliphatic carbocycles. The van der Waals surface area contributed by atoms with Crippen molar-refractivity contribution in [1.29, 1.82) is 0 Å². The molecular weight excluding hydrogens is 346 g/mol. The molecule has 1 N–H and O–H groups in total. The summed E-state index contributed by atoms with van der Waals surface area (Å²) in [5, 5.41) is 3.04. The third-order valence-electron chi connectivity index (χ3n) is 5.27. The van der Waals surface area contributed by atoms with E-state index >= 15 is 0 Å². The van der Waals surface area contributed by atoms with Crippen LogP contribution in [0, 0.1) is 5.92 Å². The van der Waals surface area contributed by atoms with Crippen LogP contribution < -0.4 is 5.32 Å². The summed E-state index contributed by atoms with van der Waals surface area (Å²) >= 11 is 1.62. The van der Waals surface area contributed by atoms with Crippen LogP contribution in [0.4, 0.5) is 0 Å². The Morgan fingerprint density at radius 2 is 2.00 bits per heavy atom. The van der Waals surface area contributed by atoms with E-state index < -0.39 is 0 Å². The van der Waals surface area contributed by atoms with E-state index in [9.17, 15) is 9.59 Å². The Morgan fingerprint density at radius 3 is 2.77 bits per heavy atom. The van der Waals surface area contributed by atoms with Crippen LogP contribution in [0.2, 0.25) is 0 Å². The molecule has 1 aliphatic heterocycles. The lowest BCUT2D eigenvalue weighted by atomic mass is 9.87. The van der Waals surface area contributed by atoms with E-state index in [0.29, 0.717) is 6.54 Å². The number of hydrogen-bond donors (Lipinski definition) is 1. The fourth-order valence-electron chi connectivity index (χ4n) is 3.76. The summed E-state index contributed by atoms with van der Waals surface area (Å²) < 4.78 is 0. The van der Waals surface area contributed by atoms with Gasteiger partial charge in [0.25, 0.3) is 5.91 Å². The van der Waals surface area contributed by atoms with Gasteiger partial charge in [0.1, 0.15) is 0 Å². The van der Waals surface area contributed by atoms with Crippen molar-refractivity contribution in [3.05, 3.63) is 51.5 Å². The number of hydrogen-bond acceptors (Lipinski definition) is 4. The van der Waals surface area contributed by atoms with E-state index in [1.807, 2.05) is 23.1 Å². The van der Waals surface area contributed by atoms with Gasteiger partial charge in [-0.25, -0.2) is 0 Å². The van der Waals surface area contributed by atoms with Crippen molar-refractivity contribution in [2.75, 3.05) is 13.1 Å². The summed E-state index contributed by atoms with van der Waals surface area (Å²) in [4.78, 5) is 33.2. The topological polar surface area (TPSA) is 62.3 Å². The Morgan fingerprint density at radius 1 is 1.23 bits per heavy atom. The summed E-state index contributed by atoms with van der Waals surface area (Å²) in [6.07, 6.45) is 8.17. The van der Waals surface area contributed by atoms with E-state index in [-0.39, 0.29) is 17.7 Å². The standard InChI is InChI=1S/C20H23N3O2S/c24-19(22-13-14-5-7-21-8-6-14)15-3-4-17-16(11-15)12-18(26-17)20(25)23-9-1-2-10-23/h5-8,12,15H,1-4,9-11,13H2,(H,22,24)/t15-/m1/s1. The molecule has 1 atom stereocenters. The third kappa shape index (κ3) is 3.65. The Bertz CT molecular complexity index is 797. The maximum Gasteiger partial charge on any atom is 0.263 e. The molecule has 2 aromatic rings. The average Bonchev–Trinajstić information content (AvgIpc) is 3.35. The van der Waals surface area contributed by atoms with Gasteiger partial charge < -0.3 is 10.2 Å². The van der Waals surface area contributed by atoms with Crippen molar-refractivity contribution < 1.29 is 9.59 Å². The fraction of sp³-hybridized carbons (Fsp3) is 0.450. The highest BCUT2D eigenvalue weighted by atomic mass is 32.1. The van der Waals surface area contributed by atoms with Crippen LogP contribution in [0.1, 0.15) is 44.9 Å². The number of nitrogens with zero attached hydrogens (tertiary/aromatic N) is 2. The quantitative estimate of drug-likeness (QED) is 0.901. The smallest absolute Gasteiger partial charge is 0.263 e. The van der Waals surface area contributed by atoms with Crippen LogP contribution in [-0.2, 0) is 24.2 Å². The van der Waals surface area contributed by atoms with Crippen LogP contribution in [0.25, 0.3) is 0 Å². The third-order valence-corrected chi connectivity index (χ3v) is 6.50. The van der Waals surface area contributed by atoms with Crippen molar-refractivity contribution >= 4 is 23.2 Å². The number of amides is 2. The van der Waals surface area contributed by atoms with Gasteiger partial charge in [0, 0.05) is 42.8 Å². The molecule has 3 heterocycles. The molecule has 1 fully saturated rings. The van der Waals surface area contributed by atoms with E-state index in [4.69, 9.17) is 0 Å². The number of thiophene rings is 1. The Balaban J connectivity index is 1.38. The highest BCUT2D eigenvalue weighted by Crippen LogP contribution is 2.33. The molecule has 136 valence electrons. The molecule has 6 heteroatoms. The minimum atomic E-state index is -0.00586. The van der Waals surface area contributed by atoms with E-state index in [2.05, 4.69) is 10.3 Å². The number of aromatic nitrogens is 1. The van der Waals surface area contributed by atoms with E-state index in [1.165, 1.54) is 10.4 Å². The van der Waals surface area contributed by atoms with Gasteiger partial charge in [-0.2, -0.15) is 0 Å². The summed E-state index contributed by atoms with van der Waals surface area (Å²) in [6, 6.07) is 5.85. The average molecular weight is 369 g/mol. The normalized spacial score (nSPS) is 19.2. The Hall–Kier alpha value is -2.21. The minimum absolute atomic E-state index is 0.00586. The number of nitrogens with one attached hydrogen (secondary N) is 1. The van der Waals surface area contributed by atoms with Crippen LogP contribution in [0.15, 0.2) is 30.6 Å². The van der Waals surface area contributed by atoms with Gasteiger partial charge in [-0.3, -0.25) is 14.6 Å². The van der Waals surface area contributed by atoms with Crippen LogP contribution in [-0.4, -0.2) is 34.8 Å². The molecule has 4 rings (SSSR count). The highest BCUT2D eigenvalue weighted by Gasteiger charge is 2.29. The lowest BCUT2D eigenvalue weighted by Gasteiger charge is -2.21. The van der Waals surface area contributed by atoms with Gasteiger partial charge in [-0.05, 0) is 61.4 Å². The van der Waals surface area contributed by atoms with Gasteiger partial charge in [0.05, 0.1) is 4.88 Å². The molecule has 2 amide bonds.